The van der Waals surface area contributed by atoms with E-state index in [4.69, 9.17) is 4.74 Å². The Labute approximate surface area is 189 Å². The van der Waals surface area contributed by atoms with Crippen molar-refractivity contribution in [2.75, 3.05) is 71.5 Å². The normalized spacial score (nSPS) is 19.7. The molecule has 0 aromatic carbocycles. The standard InChI is InChI=1S/C19H31N7O2.HI/c1-20-18(24(2)14-16-5-13-28-15-16)23-8-4-17(27)25-9-11-26(12-10-25)19-21-6-3-7-22-19;/h3,6-7,16H,4-5,8-15H2,1-2H3,(H,20,23);1H. The molecule has 0 radical (unpaired) electrons. The van der Waals surface area contributed by atoms with Gasteiger partial charge in [0.1, 0.15) is 0 Å². The molecule has 1 aromatic heterocycles. The molecule has 1 atom stereocenters. The van der Waals surface area contributed by atoms with Crippen molar-refractivity contribution in [3.8, 4) is 0 Å². The number of aromatic nitrogens is 2. The molecule has 3 rings (SSSR count). The highest BCUT2D eigenvalue weighted by Crippen LogP contribution is 2.13. The van der Waals surface area contributed by atoms with Crippen LogP contribution >= 0.6 is 24.0 Å². The van der Waals surface area contributed by atoms with Gasteiger partial charge in [0.15, 0.2) is 5.96 Å². The number of nitrogens with zero attached hydrogens (tertiary/aromatic N) is 6. The van der Waals surface area contributed by atoms with Crippen LogP contribution in [-0.2, 0) is 9.53 Å². The summed E-state index contributed by atoms with van der Waals surface area (Å²) in [6.45, 7) is 6.09. The van der Waals surface area contributed by atoms with Crippen LogP contribution in [0.2, 0.25) is 0 Å². The molecule has 0 bridgehead atoms. The number of carbonyl (C=O) groups is 1. The number of ether oxygens (including phenoxy) is 1. The average Bonchev–Trinajstić information content (AvgIpc) is 3.24. The topological polar surface area (TPSA) is 86.2 Å². The van der Waals surface area contributed by atoms with Crippen LogP contribution in [0.3, 0.4) is 0 Å². The molecule has 2 saturated heterocycles. The van der Waals surface area contributed by atoms with Gasteiger partial charge in [-0.25, -0.2) is 9.97 Å². The fraction of sp³-hybridized carbons (Fsp3) is 0.684. The van der Waals surface area contributed by atoms with E-state index in [0.29, 0.717) is 32.0 Å². The van der Waals surface area contributed by atoms with Gasteiger partial charge in [0.25, 0.3) is 0 Å². The van der Waals surface area contributed by atoms with Crippen molar-refractivity contribution in [1.82, 2.24) is 25.1 Å². The summed E-state index contributed by atoms with van der Waals surface area (Å²) in [7, 11) is 3.80. The van der Waals surface area contributed by atoms with Crippen LogP contribution in [0.4, 0.5) is 5.95 Å². The van der Waals surface area contributed by atoms with Gasteiger partial charge in [-0.2, -0.15) is 0 Å². The number of rotatable bonds is 6. The number of nitrogens with one attached hydrogen (secondary N) is 1. The molecule has 0 saturated carbocycles. The largest absolute Gasteiger partial charge is 0.381 e. The van der Waals surface area contributed by atoms with Crippen LogP contribution in [0.15, 0.2) is 23.5 Å². The average molecular weight is 517 g/mol. The summed E-state index contributed by atoms with van der Waals surface area (Å²) in [6.07, 6.45) is 5.05. The van der Waals surface area contributed by atoms with Crippen LogP contribution in [0.25, 0.3) is 0 Å². The number of anilines is 1. The Morgan fingerprint density at radius 2 is 2.03 bits per heavy atom. The van der Waals surface area contributed by atoms with Crippen molar-refractivity contribution in [3.63, 3.8) is 0 Å². The van der Waals surface area contributed by atoms with Gasteiger partial charge >= 0.3 is 0 Å². The summed E-state index contributed by atoms with van der Waals surface area (Å²) in [5.74, 6) is 2.28. The quantitative estimate of drug-likeness (QED) is 0.338. The van der Waals surface area contributed by atoms with E-state index in [2.05, 4.69) is 30.1 Å². The molecule has 162 valence electrons. The summed E-state index contributed by atoms with van der Waals surface area (Å²) in [5.41, 5.74) is 0. The number of hydrogen-bond donors (Lipinski definition) is 1. The van der Waals surface area contributed by atoms with Gasteiger partial charge in [0.05, 0.1) is 6.61 Å². The lowest BCUT2D eigenvalue weighted by Gasteiger charge is -2.34. The molecule has 2 aliphatic heterocycles. The summed E-state index contributed by atoms with van der Waals surface area (Å²) >= 11 is 0. The predicted molar refractivity (Wildman–Crippen MR) is 124 cm³/mol. The van der Waals surface area contributed by atoms with Crippen LogP contribution in [-0.4, -0.2) is 98.2 Å². The highest BCUT2D eigenvalue weighted by atomic mass is 127. The van der Waals surface area contributed by atoms with Gasteiger partial charge in [0.2, 0.25) is 11.9 Å². The zero-order valence-electron chi connectivity index (χ0n) is 17.3. The molecule has 1 aromatic rings. The number of piperazine rings is 1. The smallest absolute Gasteiger partial charge is 0.225 e. The molecule has 1 unspecified atom stereocenters. The van der Waals surface area contributed by atoms with Crippen molar-refractivity contribution in [2.24, 2.45) is 10.9 Å². The molecule has 9 nitrogen and oxygen atoms in total. The Morgan fingerprint density at radius 3 is 2.66 bits per heavy atom. The molecule has 0 aliphatic carbocycles. The highest BCUT2D eigenvalue weighted by Gasteiger charge is 2.23. The van der Waals surface area contributed by atoms with E-state index in [9.17, 15) is 4.79 Å². The maximum atomic E-state index is 12.5. The monoisotopic (exact) mass is 517 g/mol. The summed E-state index contributed by atoms with van der Waals surface area (Å²) in [4.78, 5) is 31.6. The van der Waals surface area contributed by atoms with E-state index in [1.807, 2.05) is 18.0 Å². The number of halogens is 1. The first-order valence-corrected chi connectivity index (χ1v) is 9.96. The predicted octanol–water partition coefficient (Wildman–Crippen LogP) is 0.677. The van der Waals surface area contributed by atoms with Crippen LogP contribution in [0.5, 0.6) is 0 Å². The number of amides is 1. The van der Waals surface area contributed by atoms with E-state index >= 15 is 0 Å². The van der Waals surface area contributed by atoms with Crippen molar-refractivity contribution in [3.05, 3.63) is 18.5 Å². The molecule has 2 fully saturated rings. The van der Waals surface area contributed by atoms with Gasteiger partial charge in [-0.15, -0.1) is 24.0 Å². The summed E-state index contributed by atoms with van der Waals surface area (Å²) < 4.78 is 5.44. The minimum Gasteiger partial charge on any atom is -0.381 e. The second-order valence-electron chi connectivity index (χ2n) is 7.25. The van der Waals surface area contributed by atoms with Gasteiger partial charge in [-0.05, 0) is 12.5 Å². The van der Waals surface area contributed by atoms with Crippen LogP contribution < -0.4 is 10.2 Å². The number of carbonyl (C=O) groups excluding carboxylic acids is 1. The Morgan fingerprint density at radius 1 is 1.31 bits per heavy atom. The van der Waals surface area contributed by atoms with Gasteiger partial charge in [-0.1, -0.05) is 0 Å². The lowest BCUT2D eigenvalue weighted by Crippen LogP contribution is -2.50. The fourth-order valence-corrected chi connectivity index (χ4v) is 3.64. The van der Waals surface area contributed by atoms with Gasteiger partial charge < -0.3 is 24.8 Å². The fourth-order valence-electron chi connectivity index (χ4n) is 3.64. The molecule has 1 amide bonds. The minimum atomic E-state index is 0. The highest BCUT2D eigenvalue weighted by molar-refractivity contribution is 14.0. The van der Waals surface area contributed by atoms with Crippen molar-refractivity contribution in [2.45, 2.75) is 12.8 Å². The summed E-state index contributed by atoms with van der Waals surface area (Å²) in [6, 6.07) is 1.81. The van der Waals surface area contributed by atoms with Crippen molar-refractivity contribution >= 4 is 41.8 Å². The van der Waals surface area contributed by atoms with Crippen LogP contribution in [0.1, 0.15) is 12.8 Å². The first kappa shape index (κ1) is 23.6. The van der Waals surface area contributed by atoms with E-state index in [1.54, 1.807) is 19.4 Å². The Hall–Kier alpha value is -1.69. The van der Waals surface area contributed by atoms with Crippen molar-refractivity contribution < 1.29 is 9.53 Å². The lowest BCUT2D eigenvalue weighted by atomic mass is 10.1. The first-order valence-electron chi connectivity index (χ1n) is 9.96. The molecule has 2 aliphatic rings. The SMILES string of the molecule is CN=C(NCCC(=O)N1CCN(c2ncccn2)CC1)N(C)CC1CCOC1.I. The third kappa shape index (κ3) is 6.95. The number of aliphatic imine (C=N–C) groups is 1. The molecular formula is C19H32IN7O2. The van der Waals surface area contributed by atoms with E-state index in [0.717, 1.165) is 51.2 Å². The maximum Gasteiger partial charge on any atom is 0.225 e. The maximum absolute atomic E-state index is 12.5. The zero-order chi connectivity index (χ0) is 19.8. The Bertz CT molecular complexity index is 647. The molecule has 3 heterocycles. The second-order valence-corrected chi connectivity index (χ2v) is 7.25. The van der Waals surface area contributed by atoms with Gasteiger partial charge in [0, 0.05) is 84.7 Å². The van der Waals surface area contributed by atoms with E-state index in [1.165, 1.54) is 0 Å². The Balaban J connectivity index is 0.00000300. The number of guanidine groups is 1. The zero-order valence-corrected chi connectivity index (χ0v) is 19.6. The van der Waals surface area contributed by atoms with E-state index in [-0.39, 0.29) is 29.9 Å². The van der Waals surface area contributed by atoms with Crippen LogP contribution in [0, 0.1) is 5.92 Å². The third-order valence-corrected chi connectivity index (χ3v) is 5.22. The summed E-state index contributed by atoms with van der Waals surface area (Å²) in [5, 5.41) is 3.30. The molecule has 10 heteroatoms. The first-order chi connectivity index (χ1) is 13.7. The van der Waals surface area contributed by atoms with Crippen molar-refractivity contribution in [1.29, 1.82) is 0 Å². The third-order valence-electron chi connectivity index (χ3n) is 5.22. The molecular weight excluding hydrogens is 485 g/mol. The molecule has 0 spiro atoms. The molecule has 1 N–H and O–H groups in total. The van der Waals surface area contributed by atoms with Gasteiger partial charge in [-0.3, -0.25) is 9.79 Å². The van der Waals surface area contributed by atoms with E-state index < -0.39 is 0 Å². The number of hydrogen-bond acceptors (Lipinski definition) is 6. The Kier molecular flexibility index (Phi) is 9.85. The second kappa shape index (κ2) is 12.1. The minimum absolute atomic E-state index is 0. The molecule has 29 heavy (non-hydrogen) atoms. The lowest BCUT2D eigenvalue weighted by molar-refractivity contribution is -0.131.